The van der Waals surface area contributed by atoms with Crippen LogP contribution < -0.4 is 5.32 Å². The normalized spacial score (nSPS) is 20.3. The van der Waals surface area contributed by atoms with Crippen molar-refractivity contribution in [1.82, 2.24) is 14.9 Å². The third kappa shape index (κ3) is 2.16. The molecule has 3 rings (SSSR count). The fraction of sp³-hybridized carbons (Fsp3) is 0.562. The zero-order valence-electron chi connectivity index (χ0n) is 12.1. The molecular weight excluding hydrogens is 234 g/mol. The summed E-state index contributed by atoms with van der Waals surface area (Å²) in [5, 5.41) is 3.60. The first-order chi connectivity index (χ1) is 9.18. The Bertz CT molecular complexity index is 577. The zero-order chi connectivity index (χ0) is 13.4. The summed E-state index contributed by atoms with van der Waals surface area (Å²) in [6.45, 7) is 5.59. The van der Waals surface area contributed by atoms with Crippen LogP contribution in [-0.2, 0) is 7.05 Å². The number of nitrogens with one attached hydrogen (secondary N) is 1. The van der Waals surface area contributed by atoms with Crippen molar-refractivity contribution in [2.45, 2.75) is 45.1 Å². The van der Waals surface area contributed by atoms with Crippen LogP contribution in [0.5, 0.6) is 0 Å². The van der Waals surface area contributed by atoms with Crippen molar-refractivity contribution in [3.63, 3.8) is 0 Å². The number of aryl methyl sites for hydroxylation is 1. The Morgan fingerprint density at radius 2 is 2.16 bits per heavy atom. The maximum atomic E-state index is 4.96. The average molecular weight is 257 g/mol. The van der Waals surface area contributed by atoms with E-state index in [1.807, 2.05) is 0 Å². The predicted molar refractivity (Wildman–Crippen MR) is 79.4 cm³/mol. The fourth-order valence-corrected chi connectivity index (χ4v) is 3.10. The quantitative estimate of drug-likeness (QED) is 0.892. The van der Waals surface area contributed by atoms with Gasteiger partial charge in [-0.3, -0.25) is 0 Å². The van der Waals surface area contributed by atoms with E-state index in [1.165, 1.54) is 41.7 Å². The molecule has 0 spiro atoms. The van der Waals surface area contributed by atoms with Gasteiger partial charge < -0.3 is 9.88 Å². The fourth-order valence-electron chi connectivity index (χ4n) is 3.10. The number of imidazole rings is 1. The van der Waals surface area contributed by atoms with E-state index in [0.717, 1.165) is 6.54 Å². The minimum absolute atomic E-state index is 0.422. The van der Waals surface area contributed by atoms with Crippen molar-refractivity contribution in [2.75, 3.05) is 6.54 Å². The van der Waals surface area contributed by atoms with E-state index in [9.17, 15) is 0 Å². The number of hydrogen-bond acceptors (Lipinski definition) is 2. The molecule has 1 fully saturated rings. The molecule has 1 atom stereocenters. The molecule has 3 nitrogen and oxygen atoms in total. The Morgan fingerprint density at radius 3 is 2.84 bits per heavy atom. The smallest absolute Gasteiger partial charge is 0.126 e. The van der Waals surface area contributed by atoms with Crippen molar-refractivity contribution < 1.29 is 0 Å². The van der Waals surface area contributed by atoms with Crippen LogP contribution in [0.1, 0.15) is 56.5 Å². The number of benzene rings is 1. The van der Waals surface area contributed by atoms with Gasteiger partial charge >= 0.3 is 0 Å². The van der Waals surface area contributed by atoms with Gasteiger partial charge in [0.2, 0.25) is 0 Å². The molecule has 0 bridgehead atoms. The van der Waals surface area contributed by atoms with Gasteiger partial charge in [0.05, 0.1) is 17.1 Å². The molecule has 1 saturated heterocycles. The molecule has 102 valence electrons. The summed E-state index contributed by atoms with van der Waals surface area (Å²) in [5.74, 6) is 1.72. The van der Waals surface area contributed by atoms with Crippen LogP contribution in [0.2, 0.25) is 0 Å². The Hall–Kier alpha value is -1.35. The molecule has 2 heterocycles. The highest BCUT2D eigenvalue weighted by Crippen LogP contribution is 2.29. The van der Waals surface area contributed by atoms with Gasteiger partial charge in [-0.25, -0.2) is 4.98 Å². The third-order valence-corrected chi connectivity index (χ3v) is 4.22. The van der Waals surface area contributed by atoms with Gasteiger partial charge in [-0.15, -0.1) is 0 Å². The molecule has 1 aromatic heterocycles. The highest BCUT2D eigenvalue weighted by molar-refractivity contribution is 5.80. The number of aromatic nitrogens is 2. The molecule has 0 amide bonds. The molecule has 2 aromatic rings. The maximum Gasteiger partial charge on any atom is 0.126 e. The minimum atomic E-state index is 0.422. The number of fused-ring (bicyclic) bond motifs is 1. The molecule has 0 radical (unpaired) electrons. The van der Waals surface area contributed by atoms with Crippen LogP contribution in [0.4, 0.5) is 0 Å². The first-order valence-electron chi connectivity index (χ1n) is 7.37. The predicted octanol–water partition coefficient (Wildman–Crippen LogP) is 3.51. The first-order valence-corrected chi connectivity index (χ1v) is 7.37. The van der Waals surface area contributed by atoms with Gasteiger partial charge in [-0.05, 0) is 36.9 Å². The largest absolute Gasteiger partial charge is 0.330 e. The molecule has 0 saturated carbocycles. The van der Waals surface area contributed by atoms with Gasteiger partial charge in [0.1, 0.15) is 5.82 Å². The summed E-state index contributed by atoms with van der Waals surface area (Å²) in [6.07, 6.45) is 3.80. The molecule has 3 heteroatoms. The average Bonchev–Trinajstić information content (AvgIpc) is 2.77. The van der Waals surface area contributed by atoms with Gasteiger partial charge in [0, 0.05) is 7.05 Å². The van der Waals surface area contributed by atoms with Gasteiger partial charge in [0.25, 0.3) is 0 Å². The lowest BCUT2D eigenvalue weighted by Gasteiger charge is -2.22. The van der Waals surface area contributed by atoms with E-state index in [0.29, 0.717) is 12.0 Å². The molecule has 1 N–H and O–H groups in total. The highest BCUT2D eigenvalue weighted by Gasteiger charge is 2.21. The van der Waals surface area contributed by atoms with Crippen LogP contribution in [-0.4, -0.2) is 16.1 Å². The van der Waals surface area contributed by atoms with Gasteiger partial charge in [0.15, 0.2) is 0 Å². The van der Waals surface area contributed by atoms with Crippen molar-refractivity contribution in [3.05, 3.63) is 29.6 Å². The number of para-hydroxylation sites is 1. The van der Waals surface area contributed by atoms with Crippen LogP contribution in [0, 0.1) is 0 Å². The third-order valence-electron chi connectivity index (χ3n) is 4.22. The SMILES string of the molecule is CC(C)c1cccc2c1nc(C1CCCCN1)n2C. The standard InChI is InChI=1S/C16H23N3/c1-11(2)12-7-6-9-14-15(12)18-16(19(14)3)13-8-4-5-10-17-13/h6-7,9,11,13,17H,4-5,8,10H2,1-3H3. The maximum absolute atomic E-state index is 4.96. The van der Waals surface area contributed by atoms with E-state index in [1.54, 1.807) is 0 Å². The molecular formula is C16H23N3. The number of rotatable bonds is 2. The molecule has 0 aliphatic carbocycles. The molecule has 1 aliphatic heterocycles. The van der Waals surface area contributed by atoms with Gasteiger partial charge in [-0.1, -0.05) is 32.4 Å². The van der Waals surface area contributed by atoms with E-state index in [2.05, 4.69) is 49.0 Å². The Balaban J connectivity index is 2.11. The van der Waals surface area contributed by atoms with Gasteiger partial charge in [-0.2, -0.15) is 0 Å². The van der Waals surface area contributed by atoms with Crippen LogP contribution in [0.25, 0.3) is 11.0 Å². The second kappa shape index (κ2) is 4.97. The van der Waals surface area contributed by atoms with Crippen LogP contribution >= 0.6 is 0 Å². The van der Waals surface area contributed by atoms with Crippen molar-refractivity contribution in [2.24, 2.45) is 7.05 Å². The molecule has 1 aliphatic rings. The first kappa shape index (κ1) is 12.7. The van der Waals surface area contributed by atoms with Crippen molar-refractivity contribution in [1.29, 1.82) is 0 Å². The second-order valence-electron chi connectivity index (χ2n) is 5.90. The van der Waals surface area contributed by atoms with E-state index < -0.39 is 0 Å². The number of nitrogens with zero attached hydrogens (tertiary/aromatic N) is 2. The second-order valence-corrected chi connectivity index (χ2v) is 5.90. The van der Waals surface area contributed by atoms with E-state index in [-0.39, 0.29) is 0 Å². The zero-order valence-corrected chi connectivity index (χ0v) is 12.1. The Labute approximate surface area is 115 Å². The van der Waals surface area contributed by atoms with E-state index in [4.69, 9.17) is 4.98 Å². The van der Waals surface area contributed by atoms with Crippen molar-refractivity contribution in [3.8, 4) is 0 Å². The summed E-state index contributed by atoms with van der Waals surface area (Å²) in [7, 11) is 2.14. The lowest BCUT2D eigenvalue weighted by atomic mass is 10.0. The molecule has 1 aromatic carbocycles. The summed E-state index contributed by atoms with van der Waals surface area (Å²) in [6, 6.07) is 6.96. The summed E-state index contributed by atoms with van der Waals surface area (Å²) >= 11 is 0. The summed E-state index contributed by atoms with van der Waals surface area (Å²) < 4.78 is 2.27. The Kier molecular flexibility index (Phi) is 3.31. The highest BCUT2D eigenvalue weighted by atomic mass is 15.1. The minimum Gasteiger partial charge on any atom is -0.330 e. The van der Waals surface area contributed by atoms with Crippen molar-refractivity contribution >= 4 is 11.0 Å². The van der Waals surface area contributed by atoms with E-state index >= 15 is 0 Å². The summed E-state index contributed by atoms with van der Waals surface area (Å²) in [5.41, 5.74) is 3.80. The number of hydrogen-bond donors (Lipinski definition) is 1. The molecule has 1 unspecified atom stereocenters. The lowest BCUT2D eigenvalue weighted by molar-refractivity contribution is 0.392. The monoisotopic (exact) mass is 257 g/mol. The van der Waals surface area contributed by atoms with Crippen LogP contribution in [0.3, 0.4) is 0 Å². The Morgan fingerprint density at radius 1 is 1.32 bits per heavy atom. The topological polar surface area (TPSA) is 29.9 Å². The summed E-state index contributed by atoms with van der Waals surface area (Å²) in [4.78, 5) is 4.96. The lowest BCUT2D eigenvalue weighted by Crippen LogP contribution is -2.28. The number of piperidine rings is 1. The molecule has 19 heavy (non-hydrogen) atoms. The van der Waals surface area contributed by atoms with Crippen LogP contribution in [0.15, 0.2) is 18.2 Å².